The Hall–Kier alpha value is -2.37. The molecule has 1 heterocycles. The lowest BCUT2D eigenvalue weighted by atomic mass is 10.0. The molecule has 0 spiro atoms. The van der Waals surface area contributed by atoms with Gasteiger partial charge in [0.1, 0.15) is 6.10 Å². The topological polar surface area (TPSA) is 46.1 Å². The van der Waals surface area contributed by atoms with Crippen LogP contribution in [0, 0.1) is 6.92 Å². The molecule has 1 fully saturated rings. The summed E-state index contributed by atoms with van der Waals surface area (Å²) in [6.07, 6.45) is 0.0727. The third-order valence-electron chi connectivity index (χ3n) is 4.87. The number of aryl methyl sites for hydroxylation is 1. The number of aliphatic imine (C=N–C) groups is 1. The van der Waals surface area contributed by atoms with E-state index in [9.17, 15) is 0 Å². The quantitative estimate of drug-likeness (QED) is 0.651. The number of nitrogens with zero attached hydrogens (tertiary/aromatic N) is 2. The molecule has 1 atom stereocenters. The molecule has 5 nitrogen and oxygen atoms in total. The Labute approximate surface area is 162 Å². The first kappa shape index (κ1) is 19.4. The average molecular weight is 367 g/mol. The lowest BCUT2D eigenvalue weighted by Gasteiger charge is -2.35. The molecular formula is C22H29N3O2. The average Bonchev–Trinajstić information content (AvgIpc) is 2.70. The van der Waals surface area contributed by atoms with Gasteiger partial charge in [-0.25, -0.2) is 0 Å². The Balaban J connectivity index is 1.63. The number of nitrogens with one attached hydrogen (secondary N) is 1. The van der Waals surface area contributed by atoms with Crippen molar-refractivity contribution < 1.29 is 9.47 Å². The fourth-order valence-electron chi connectivity index (χ4n) is 3.49. The first-order chi connectivity index (χ1) is 13.2. The predicted molar refractivity (Wildman–Crippen MR) is 109 cm³/mol. The van der Waals surface area contributed by atoms with Crippen LogP contribution >= 0.6 is 0 Å². The van der Waals surface area contributed by atoms with Gasteiger partial charge >= 0.3 is 0 Å². The van der Waals surface area contributed by atoms with E-state index < -0.39 is 0 Å². The second-order valence-corrected chi connectivity index (χ2v) is 6.82. The van der Waals surface area contributed by atoms with Gasteiger partial charge in [0.15, 0.2) is 5.96 Å². The summed E-state index contributed by atoms with van der Waals surface area (Å²) in [5.74, 6) is 0.911. The van der Waals surface area contributed by atoms with Crippen LogP contribution in [0.25, 0.3) is 0 Å². The maximum absolute atomic E-state index is 6.04. The highest BCUT2D eigenvalue weighted by atomic mass is 16.5. The van der Waals surface area contributed by atoms with E-state index in [4.69, 9.17) is 9.47 Å². The van der Waals surface area contributed by atoms with Crippen LogP contribution in [-0.2, 0) is 22.6 Å². The molecule has 1 unspecified atom stereocenters. The SMILES string of the molecule is CN=C(NCc1cccc(COC)c1)N1CCOC(c2ccccc2C)C1. The minimum Gasteiger partial charge on any atom is -0.380 e. The van der Waals surface area contributed by atoms with E-state index in [2.05, 4.69) is 70.7 Å². The smallest absolute Gasteiger partial charge is 0.194 e. The molecule has 27 heavy (non-hydrogen) atoms. The van der Waals surface area contributed by atoms with Gasteiger partial charge in [0.05, 0.1) is 19.8 Å². The first-order valence-electron chi connectivity index (χ1n) is 9.40. The molecule has 2 aromatic carbocycles. The molecule has 0 amide bonds. The van der Waals surface area contributed by atoms with Crippen molar-refractivity contribution in [2.24, 2.45) is 4.99 Å². The van der Waals surface area contributed by atoms with Crippen LogP contribution in [0.4, 0.5) is 0 Å². The number of hydrogen-bond acceptors (Lipinski definition) is 3. The Morgan fingerprint density at radius 3 is 2.81 bits per heavy atom. The summed E-state index contributed by atoms with van der Waals surface area (Å²) in [5, 5.41) is 3.49. The molecule has 0 bridgehead atoms. The van der Waals surface area contributed by atoms with E-state index in [1.54, 1.807) is 7.11 Å². The highest BCUT2D eigenvalue weighted by molar-refractivity contribution is 5.80. The fourth-order valence-corrected chi connectivity index (χ4v) is 3.49. The van der Waals surface area contributed by atoms with Crippen molar-refractivity contribution in [3.63, 3.8) is 0 Å². The number of guanidine groups is 1. The summed E-state index contributed by atoms with van der Waals surface area (Å²) < 4.78 is 11.3. The molecule has 0 aromatic heterocycles. The van der Waals surface area contributed by atoms with Crippen molar-refractivity contribution in [1.82, 2.24) is 10.2 Å². The molecule has 0 saturated carbocycles. The highest BCUT2D eigenvalue weighted by Gasteiger charge is 2.25. The van der Waals surface area contributed by atoms with Gasteiger partial charge in [0, 0.05) is 27.2 Å². The molecule has 1 aliphatic rings. The molecule has 1 aliphatic heterocycles. The zero-order valence-electron chi connectivity index (χ0n) is 16.4. The predicted octanol–water partition coefficient (Wildman–Crippen LogP) is 3.29. The Morgan fingerprint density at radius 1 is 1.22 bits per heavy atom. The van der Waals surface area contributed by atoms with Gasteiger partial charge in [-0.2, -0.15) is 0 Å². The molecular weight excluding hydrogens is 338 g/mol. The van der Waals surface area contributed by atoms with Gasteiger partial charge in [0.2, 0.25) is 0 Å². The largest absolute Gasteiger partial charge is 0.380 e. The molecule has 2 aromatic rings. The second-order valence-electron chi connectivity index (χ2n) is 6.82. The third-order valence-corrected chi connectivity index (χ3v) is 4.87. The van der Waals surface area contributed by atoms with Gasteiger partial charge in [-0.05, 0) is 29.2 Å². The molecule has 0 radical (unpaired) electrons. The van der Waals surface area contributed by atoms with E-state index in [1.807, 2.05) is 7.05 Å². The molecule has 3 rings (SSSR count). The molecule has 5 heteroatoms. The van der Waals surface area contributed by atoms with Gasteiger partial charge < -0.3 is 19.7 Å². The summed E-state index contributed by atoms with van der Waals surface area (Å²) in [5.41, 5.74) is 4.92. The van der Waals surface area contributed by atoms with E-state index >= 15 is 0 Å². The summed E-state index contributed by atoms with van der Waals surface area (Å²) in [6.45, 7) is 5.83. The van der Waals surface area contributed by atoms with Crippen molar-refractivity contribution in [3.05, 3.63) is 70.8 Å². The lowest BCUT2D eigenvalue weighted by Crippen LogP contribution is -2.48. The zero-order valence-corrected chi connectivity index (χ0v) is 16.4. The van der Waals surface area contributed by atoms with Crippen molar-refractivity contribution in [2.75, 3.05) is 33.9 Å². The van der Waals surface area contributed by atoms with Crippen LogP contribution in [0.3, 0.4) is 0 Å². The maximum atomic E-state index is 6.04. The summed E-state index contributed by atoms with van der Waals surface area (Å²) in [7, 11) is 3.55. The first-order valence-corrected chi connectivity index (χ1v) is 9.40. The molecule has 0 aliphatic carbocycles. The van der Waals surface area contributed by atoms with Crippen LogP contribution in [0.15, 0.2) is 53.5 Å². The van der Waals surface area contributed by atoms with Crippen LogP contribution in [0.1, 0.15) is 28.4 Å². The Kier molecular flexibility index (Phi) is 6.85. The van der Waals surface area contributed by atoms with E-state index in [0.29, 0.717) is 13.2 Å². The van der Waals surface area contributed by atoms with E-state index in [0.717, 1.165) is 25.6 Å². The van der Waals surface area contributed by atoms with Crippen molar-refractivity contribution in [3.8, 4) is 0 Å². The Bertz CT molecular complexity index is 776. The maximum Gasteiger partial charge on any atom is 0.194 e. The molecule has 144 valence electrons. The van der Waals surface area contributed by atoms with Crippen LogP contribution in [0.5, 0.6) is 0 Å². The standard InChI is InChI=1S/C22H29N3O2/c1-17-7-4-5-10-20(17)21-15-25(11-12-27-21)22(23-2)24-14-18-8-6-9-19(13-18)16-26-3/h4-10,13,21H,11-12,14-16H2,1-3H3,(H,23,24). The van der Waals surface area contributed by atoms with Crippen molar-refractivity contribution >= 4 is 5.96 Å². The van der Waals surface area contributed by atoms with Crippen molar-refractivity contribution in [2.45, 2.75) is 26.2 Å². The van der Waals surface area contributed by atoms with E-state index in [1.165, 1.54) is 22.3 Å². The fraction of sp³-hybridized carbons (Fsp3) is 0.409. The summed E-state index contributed by atoms with van der Waals surface area (Å²) in [6, 6.07) is 16.9. The minimum absolute atomic E-state index is 0.0727. The highest BCUT2D eigenvalue weighted by Crippen LogP contribution is 2.25. The van der Waals surface area contributed by atoms with Gasteiger partial charge in [0.25, 0.3) is 0 Å². The number of hydrogen-bond donors (Lipinski definition) is 1. The number of rotatable bonds is 5. The third kappa shape index (κ3) is 5.08. The molecule has 1 N–H and O–H groups in total. The van der Waals surface area contributed by atoms with Crippen molar-refractivity contribution in [1.29, 1.82) is 0 Å². The lowest BCUT2D eigenvalue weighted by molar-refractivity contribution is -0.00833. The van der Waals surface area contributed by atoms with Gasteiger partial charge in [-0.1, -0.05) is 48.5 Å². The normalized spacial score (nSPS) is 17.8. The summed E-state index contributed by atoms with van der Waals surface area (Å²) >= 11 is 0. The number of benzene rings is 2. The van der Waals surface area contributed by atoms with Crippen LogP contribution in [-0.4, -0.2) is 44.7 Å². The van der Waals surface area contributed by atoms with Crippen LogP contribution < -0.4 is 5.32 Å². The number of ether oxygens (including phenoxy) is 2. The summed E-state index contributed by atoms with van der Waals surface area (Å²) in [4.78, 5) is 6.76. The van der Waals surface area contributed by atoms with Gasteiger partial charge in [-0.3, -0.25) is 4.99 Å². The second kappa shape index (κ2) is 9.53. The zero-order chi connectivity index (χ0) is 19.1. The minimum atomic E-state index is 0.0727. The number of methoxy groups -OCH3 is 1. The Morgan fingerprint density at radius 2 is 2.04 bits per heavy atom. The van der Waals surface area contributed by atoms with Crippen LogP contribution in [0.2, 0.25) is 0 Å². The van der Waals surface area contributed by atoms with E-state index in [-0.39, 0.29) is 6.10 Å². The molecule has 1 saturated heterocycles. The van der Waals surface area contributed by atoms with Gasteiger partial charge in [-0.15, -0.1) is 0 Å². The number of morpholine rings is 1. The monoisotopic (exact) mass is 367 g/mol.